The van der Waals surface area contributed by atoms with Crippen molar-refractivity contribution in [1.29, 1.82) is 0 Å². The third-order valence-corrected chi connectivity index (χ3v) is 7.25. The van der Waals surface area contributed by atoms with Crippen LogP contribution in [0.5, 0.6) is 17.2 Å². The van der Waals surface area contributed by atoms with Crippen molar-refractivity contribution in [2.24, 2.45) is 0 Å². The fourth-order valence-corrected chi connectivity index (χ4v) is 4.62. The summed E-state index contributed by atoms with van der Waals surface area (Å²) in [6.45, 7) is 9.47. The van der Waals surface area contributed by atoms with Gasteiger partial charge in [-0.15, -0.1) is 0 Å². The Morgan fingerprint density at radius 3 is 1.77 bits per heavy atom. The van der Waals surface area contributed by atoms with Crippen LogP contribution in [0.3, 0.4) is 0 Å². The summed E-state index contributed by atoms with van der Waals surface area (Å²) in [5.41, 5.74) is 1.96. The Kier molecular flexibility index (Phi) is 6.37. The van der Waals surface area contributed by atoms with E-state index in [0.717, 1.165) is 11.1 Å². The Balaban J connectivity index is 1.77. The molecule has 160 valence electrons. The van der Waals surface area contributed by atoms with E-state index in [4.69, 9.17) is 4.74 Å². The average molecular weight is 435 g/mol. The molecule has 0 aliphatic rings. The highest BCUT2D eigenvalue weighted by molar-refractivity contribution is 7.95. The maximum atomic E-state index is 12.5. The minimum atomic E-state index is -3.57. The molecule has 0 saturated carbocycles. The number of allylic oxidation sites excluding steroid dienone is 2. The van der Waals surface area contributed by atoms with E-state index in [1.165, 1.54) is 24.3 Å². The number of rotatable bonds is 7. The molecule has 3 rings (SSSR count). The van der Waals surface area contributed by atoms with Crippen LogP contribution in [-0.2, 0) is 15.3 Å². The van der Waals surface area contributed by atoms with Crippen molar-refractivity contribution in [2.45, 2.75) is 31.1 Å². The number of phenolic OH excluding ortho intramolecular Hbond substituents is 1. The van der Waals surface area contributed by atoms with E-state index in [-0.39, 0.29) is 21.0 Å². The van der Waals surface area contributed by atoms with Gasteiger partial charge >= 0.3 is 0 Å². The number of phenols is 1. The molecule has 0 saturated heterocycles. The number of aromatic hydroxyl groups is 1. The van der Waals surface area contributed by atoms with Crippen molar-refractivity contribution in [3.8, 4) is 17.2 Å². The number of sulfone groups is 1. The maximum absolute atomic E-state index is 12.5. The third kappa shape index (κ3) is 4.72. The zero-order valence-electron chi connectivity index (χ0n) is 17.9. The van der Waals surface area contributed by atoms with Gasteiger partial charge in [-0.2, -0.15) is 0 Å². The Morgan fingerprint density at radius 2 is 1.32 bits per heavy atom. The summed E-state index contributed by atoms with van der Waals surface area (Å²) in [4.78, 5) is 0.367. The van der Waals surface area contributed by atoms with E-state index in [0.29, 0.717) is 11.5 Å². The van der Waals surface area contributed by atoms with Crippen molar-refractivity contribution in [1.82, 2.24) is 0 Å². The molecule has 0 radical (unpaired) electrons. The van der Waals surface area contributed by atoms with E-state index in [9.17, 15) is 13.5 Å². The van der Waals surface area contributed by atoms with Crippen LogP contribution in [0.15, 0.2) is 101 Å². The van der Waals surface area contributed by atoms with Crippen molar-refractivity contribution in [3.63, 3.8) is 0 Å². The van der Waals surface area contributed by atoms with Gasteiger partial charge < -0.3 is 9.84 Å². The Morgan fingerprint density at radius 1 is 0.871 bits per heavy atom. The van der Waals surface area contributed by atoms with Crippen LogP contribution in [0, 0.1) is 0 Å². The van der Waals surface area contributed by atoms with Gasteiger partial charge in [0.1, 0.15) is 17.2 Å². The fourth-order valence-electron chi connectivity index (χ4n) is 3.33. The minimum Gasteiger partial charge on any atom is -0.508 e. The van der Waals surface area contributed by atoms with Crippen LogP contribution < -0.4 is 4.74 Å². The van der Waals surface area contributed by atoms with E-state index in [2.05, 4.69) is 20.4 Å². The predicted molar refractivity (Wildman–Crippen MR) is 124 cm³/mol. The first-order valence-corrected chi connectivity index (χ1v) is 11.4. The maximum Gasteiger partial charge on any atom is 0.206 e. The second-order valence-corrected chi connectivity index (χ2v) is 9.62. The number of benzene rings is 3. The topological polar surface area (TPSA) is 63.6 Å². The van der Waals surface area contributed by atoms with Crippen LogP contribution in [0.1, 0.15) is 31.9 Å². The predicted octanol–water partition coefficient (Wildman–Crippen LogP) is 6.37. The SMILES string of the molecule is C=C/C(=C\C)S(=O)(=O)c1ccc(Oc2ccc(C(C)(C)c3ccc(O)cc3)cc2)cc1. The molecule has 0 unspecified atom stereocenters. The molecule has 0 aliphatic carbocycles. The van der Waals surface area contributed by atoms with Crippen molar-refractivity contribution in [3.05, 3.63) is 108 Å². The fraction of sp³-hybridized carbons (Fsp3) is 0.154. The number of hydrogen-bond donors (Lipinski definition) is 1. The number of ether oxygens (including phenoxy) is 1. The van der Waals surface area contributed by atoms with Gasteiger partial charge in [-0.3, -0.25) is 0 Å². The summed E-state index contributed by atoms with van der Waals surface area (Å²) in [7, 11) is -3.57. The molecule has 0 bridgehead atoms. The molecule has 0 spiro atoms. The lowest BCUT2D eigenvalue weighted by atomic mass is 9.78. The smallest absolute Gasteiger partial charge is 0.206 e. The standard InChI is InChI=1S/C26H26O4S/c1-5-24(6-2)31(28,29)25-17-15-23(16-18-25)30-22-13-9-20(10-14-22)26(3,4)19-7-11-21(27)12-8-19/h5-18,27H,1H2,2-4H3/b24-6+. The third-order valence-electron chi connectivity index (χ3n) is 5.33. The lowest BCUT2D eigenvalue weighted by Crippen LogP contribution is -2.18. The second-order valence-electron chi connectivity index (χ2n) is 7.67. The zero-order valence-corrected chi connectivity index (χ0v) is 18.7. The molecule has 1 N–H and O–H groups in total. The average Bonchev–Trinajstić information content (AvgIpc) is 2.75. The molecule has 3 aromatic carbocycles. The Hall–Kier alpha value is -3.31. The van der Waals surface area contributed by atoms with Gasteiger partial charge in [-0.05, 0) is 66.6 Å². The molecular weight excluding hydrogens is 408 g/mol. The van der Waals surface area contributed by atoms with Gasteiger partial charge in [-0.1, -0.05) is 56.8 Å². The molecule has 5 heteroatoms. The van der Waals surface area contributed by atoms with Crippen molar-refractivity contribution < 1.29 is 18.3 Å². The van der Waals surface area contributed by atoms with Crippen LogP contribution in [0.4, 0.5) is 0 Å². The van der Waals surface area contributed by atoms with E-state index in [1.807, 2.05) is 36.4 Å². The number of hydrogen-bond acceptors (Lipinski definition) is 4. The summed E-state index contributed by atoms with van der Waals surface area (Å²) < 4.78 is 31.0. The van der Waals surface area contributed by atoms with Gasteiger partial charge in [-0.25, -0.2) is 8.42 Å². The Labute approximate surface area is 184 Å². The molecule has 31 heavy (non-hydrogen) atoms. The molecule has 4 nitrogen and oxygen atoms in total. The summed E-state index contributed by atoms with van der Waals surface area (Å²) in [5, 5.41) is 9.53. The highest BCUT2D eigenvalue weighted by Crippen LogP contribution is 2.34. The quantitative estimate of drug-likeness (QED) is 0.439. The van der Waals surface area contributed by atoms with Crippen LogP contribution in [0.2, 0.25) is 0 Å². The van der Waals surface area contributed by atoms with E-state index >= 15 is 0 Å². The molecule has 0 aliphatic heterocycles. The molecular formula is C26H26O4S. The molecule has 3 aromatic rings. The highest BCUT2D eigenvalue weighted by Gasteiger charge is 2.23. The van der Waals surface area contributed by atoms with Gasteiger partial charge in [0.05, 0.1) is 9.80 Å². The first-order valence-electron chi connectivity index (χ1n) is 9.90. The van der Waals surface area contributed by atoms with Gasteiger partial charge in [0.15, 0.2) is 0 Å². The molecule has 0 atom stereocenters. The van der Waals surface area contributed by atoms with E-state index in [1.54, 1.807) is 31.2 Å². The molecule has 0 aromatic heterocycles. The molecule has 0 amide bonds. The van der Waals surface area contributed by atoms with Crippen LogP contribution in [-0.4, -0.2) is 13.5 Å². The van der Waals surface area contributed by atoms with Gasteiger partial charge in [0, 0.05) is 5.41 Å². The monoisotopic (exact) mass is 434 g/mol. The minimum absolute atomic E-state index is 0.174. The van der Waals surface area contributed by atoms with Crippen molar-refractivity contribution >= 4 is 9.84 Å². The lowest BCUT2D eigenvalue weighted by Gasteiger charge is -2.26. The highest BCUT2D eigenvalue weighted by atomic mass is 32.2. The second kappa shape index (κ2) is 8.82. The first-order chi connectivity index (χ1) is 14.7. The summed E-state index contributed by atoms with van der Waals surface area (Å²) >= 11 is 0. The summed E-state index contributed by atoms with van der Waals surface area (Å²) in [5.74, 6) is 1.44. The molecule has 0 heterocycles. The zero-order chi connectivity index (χ0) is 22.6. The first kappa shape index (κ1) is 22.4. The summed E-state index contributed by atoms with van der Waals surface area (Å²) in [6, 6.07) is 21.3. The van der Waals surface area contributed by atoms with Crippen LogP contribution in [0.25, 0.3) is 0 Å². The lowest BCUT2D eigenvalue weighted by molar-refractivity contribution is 0.474. The van der Waals surface area contributed by atoms with E-state index < -0.39 is 9.84 Å². The largest absolute Gasteiger partial charge is 0.508 e. The van der Waals surface area contributed by atoms with Crippen LogP contribution >= 0.6 is 0 Å². The normalized spacial score (nSPS) is 12.4. The summed E-state index contributed by atoms with van der Waals surface area (Å²) in [6.07, 6.45) is 2.86. The van der Waals surface area contributed by atoms with Gasteiger partial charge in [0.2, 0.25) is 9.84 Å². The van der Waals surface area contributed by atoms with Gasteiger partial charge in [0.25, 0.3) is 0 Å². The Bertz CT molecular complexity index is 1190. The van der Waals surface area contributed by atoms with Crippen molar-refractivity contribution in [2.75, 3.05) is 0 Å². The molecule has 0 fully saturated rings.